The molecule has 2 N–H and O–H groups in total. The van der Waals surface area contributed by atoms with E-state index < -0.39 is 0 Å². The number of amides is 1. The Hall–Kier alpha value is -3.19. The van der Waals surface area contributed by atoms with E-state index in [1.54, 1.807) is 13.2 Å². The third-order valence-corrected chi connectivity index (χ3v) is 5.69. The number of furan rings is 1. The molecule has 3 aromatic heterocycles. The Labute approximate surface area is 165 Å². The number of benzene rings is 1. The number of thiophene rings is 1. The summed E-state index contributed by atoms with van der Waals surface area (Å²) in [6, 6.07) is 13.5. The Balaban J connectivity index is 1.56. The van der Waals surface area contributed by atoms with E-state index in [1.807, 2.05) is 42.5 Å². The van der Waals surface area contributed by atoms with Gasteiger partial charge in [0.25, 0.3) is 11.5 Å². The molecule has 0 radical (unpaired) electrons. The van der Waals surface area contributed by atoms with Gasteiger partial charge in [0.15, 0.2) is 0 Å². The van der Waals surface area contributed by atoms with E-state index in [1.165, 1.54) is 11.3 Å². The van der Waals surface area contributed by atoms with Crippen molar-refractivity contribution in [2.75, 3.05) is 6.54 Å². The lowest BCUT2D eigenvalue weighted by molar-refractivity contribution is 0.0957. The first kappa shape index (κ1) is 18.2. The van der Waals surface area contributed by atoms with Crippen LogP contribution in [0.25, 0.3) is 10.2 Å². The Morgan fingerprint density at radius 1 is 1.21 bits per heavy atom. The maximum Gasteiger partial charge on any atom is 0.261 e. The summed E-state index contributed by atoms with van der Waals surface area (Å²) in [6.45, 7) is 2.25. The Kier molecular flexibility index (Phi) is 5.08. The zero-order valence-electron chi connectivity index (χ0n) is 15.3. The molecule has 0 saturated heterocycles. The van der Waals surface area contributed by atoms with Crippen molar-refractivity contribution < 1.29 is 9.21 Å². The minimum Gasteiger partial charge on any atom is -0.469 e. The van der Waals surface area contributed by atoms with Crippen molar-refractivity contribution in [3.63, 3.8) is 0 Å². The summed E-state index contributed by atoms with van der Waals surface area (Å²) >= 11 is 1.25. The molecule has 1 amide bonds. The summed E-state index contributed by atoms with van der Waals surface area (Å²) in [5.74, 6) is 1.21. The zero-order chi connectivity index (χ0) is 19.5. The normalized spacial score (nSPS) is 11.0. The number of carbonyl (C=O) groups is 1. The van der Waals surface area contributed by atoms with Gasteiger partial charge in [-0.05, 0) is 30.2 Å². The van der Waals surface area contributed by atoms with Crippen molar-refractivity contribution in [3.8, 4) is 0 Å². The third-order valence-electron chi connectivity index (χ3n) is 4.51. The summed E-state index contributed by atoms with van der Waals surface area (Å²) in [6.07, 6.45) is 2.76. The zero-order valence-corrected chi connectivity index (χ0v) is 16.1. The van der Waals surface area contributed by atoms with Crippen molar-refractivity contribution in [3.05, 3.63) is 86.7 Å². The number of carbonyl (C=O) groups excluding carboxylic acids is 1. The molecule has 0 saturated carbocycles. The molecular weight excluding hydrogens is 374 g/mol. The number of hydrogen-bond donors (Lipinski definition) is 2. The molecule has 6 nitrogen and oxygen atoms in total. The molecule has 142 valence electrons. The molecule has 0 aliphatic carbocycles. The van der Waals surface area contributed by atoms with Crippen LogP contribution in [0.4, 0.5) is 0 Å². The van der Waals surface area contributed by atoms with Gasteiger partial charge in [0.2, 0.25) is 0 Å². The van der Waals surface area contributed by atoms with Crippen LogP contribution < -0.4 is 10.9 Å². The van der Waals surface area contributed by atoms with Crippen molar-refractivity contribution in [2.45, 2.75) is 19.8 Å². The van der Waals surface area contributed by atoms with E-state index in [2.05, 4.69) is 15.3 Å². The van der Waals surface area contributed by atoms with Gasteiger partial charge in [-0.3, -0.25) is 9.59 Å². The molecule has 0 spiro atoms. The highest BCUT2D eigenvalue weighted by atomic mass is 32.1. The minimum atomic E-state index is -0.209. The molecule has 4 rings (SSSR count). The standard InChI is InChI=1S/C21H19N3O3S/c1-13-17-19(25)23-16(12-14-6-3-2-4-7-14)24-21(17)28-18(13)20(26)22-10-9-15-8-5-11-27-15/h2-8,11H,9-10,12H2,1H3,(H,22,26)(H,23,24,25). The number of nitrogens with one attached hydrogen (secondary N) is 2. The van der Waals surface area contributed by atoms with Crippen LogP contribution in [0.3, 0.4) is 0 Å². The van der Waals surface area contributed by atoms with E-state index in [-0.39, 0.29) is 11.5 Å². The molecule has 7 heteroatoms. The number of aromatic amines is 1. The molecule has 3 heterocycles. The van der Waals surface area contributed by atoms with Gasteiger partial charge in [-0.2, -0.15) is 0 Å². The van der Waals surface area contributed by atoms with Gasteiger partial charge in [0.1, 0.15) is 16.4 Å². The number of H-pyrrole nitrogens is 1. The Morgan fingerprint density at radius 3 is 2.79 bits per heavy atom. The summed E-state index contributed by atoms with van der Waals surface area (Å²) in [4.78, 5) is 33.7. The van der Waals surface area contributed by atoms with Crippen molar-refractivity contribution in [1.29, 1.82) is 0 Å². The van der Waals surface area contributed by atoms with Crippen LogP contribution in [0.15, 0.2) is 57.9 Å². The second-order valence-corrected chi connectivity index (χ2v) is 7.50. The number of nitrogens with zero attached hydrogens (tertiary/aromatic N) is 1. The number of hydrogen-bond acceptors (Lipinski definition) is 5. The first-order chi connectivity index (χ1) is 13.6. The fourth-order valence-corrected chi connectivity index (χ4v) is 4.23. The Bertz CT molecular complexity index is 1160. The molecule has 0 aliphatic heterocycles. The summed E-state index contributed by atoms with van der Waals surface area (Å²) < 4.78 is 5.27. The predicted molar refractivity (Wildman–Crippen MR) is 109 cm³/mol. The molecule has 1 aromatic carbocycles. The maximum absolute atomic E-state index is 12.6. The van der Waals surface area contributed by atoms with Gasteiger partial charge in [0.05, 0.1) is 16.5 Å². The molecule has 0 bridgehead atoms. The number of rotatable bonds is 6. The number of aromatic nitrogens is 2. The summed E-state index contributed by atoms with van der Waals surface area (Å²) in [7, 11) is 0. The summed E-state index contributed by atoms with van der Waals surface area (Å²) in [5, 5.41) is 3.37. The van der Waals surface area contributed by atoms with Crippen LogP contribution in [0, 0.1) is 6.92 Å². The van der Waals surface area contributed by atoms with E-state index in [0.29, 0.717) is 45.9 Å². The second kappa shape index (κ2) is 7.82. The smallest absolute Gasteiger partial charge is 0.261 e. The minimum absolute atomic E-state index is 0.198. The fraction of sp³-hybridized carbons (Fsp3) is 0.190. The van der Waals surface area contributed by atoms with Gasteiger partial charge in [-0.15, -0.1) is 11.3 Å². The van der Waals surface area contributed by atoms with E-state index >= 15 is 0 Å². The second-order valence-electron chi connectivity index (χ2n) is 6.50. The topological polar surface area (TPSA) is 88.0 Å². The number of fused-ring (bicyclic) bond motifs is 1. The highest BCUT2D eigenvalue weighted by molar-refractivity contribution is 7.20. The van der Waals surface area contributed by atoms with Crippen LogP contribution in [0.1, 0.15) is 32.4 Å². The monoisotopic (exact) mass is 393 g/mol. The molecule has 4 aromatic rings. The average molecular weight is 393 g/mol. The first-order valence-electron chi connectivity index (χ1n) is 8.98. The largest absolute Gasteiger partial charge is 0.469 e. The number of aryl methyl sites for hydroxylation is 1. The van der Waals surface area contributed by atoms with Crippen LogP contribution >= 0.6 is 11.3 Å². The van der Waals surface area contributed by atoms with Crippen molar-refractivity contribution >= 4 is 27.5 Å². The molecule has 28 heavy (non-hydrogen) atoms. The van der Waals surface area contributed by atoms with Crippen LogP contribution in [0.2, 0.25) is 0 Å². The maximum atomic E-state index is 12.6. The molecular formula is C21H19N3O3S. The highest BCUT2D eigenvalue weighted by Gasteiger charge is 2.19. The van der Waals surface area contributed by atoms with Crippen LogP contribution in [-0.4, -0.2) is 22.4 Å². The van der Waals surface area contributed by atoms with Crippen LogP contribution in [0.5, 0.6) is 0 Å². The van der Waals surface area contributed by atoms with E-state index in [9.17, 15) is 9.59 Å². The van der Waals surface area contributed by atoms with Gasteiger partial charge in [-0.25, -0.2) is 4.98 Å². The molecule has 0 fully saturated rings. The van der Waals surface area contributed by atoms with Crippen molar-refractivity contribution in [2.24, 2.45) is 0 Å². The SMILES string of the molecule is Cc1c(C(=O)NCCc2ccco2)sc2nc(Cc3ccccc3)[nH]c(=O)c12. The lowest BCUT2D eigenvalue weighted by atomic mass is 10.1. The van der Waals surface area contributed by atoms with Gasteiger partial charge in [-0.1, -0.05) is 30.3 Å². The van der Waals surface area contributed by atoms with E-state index in [4.69, 9.17) is 4.42 Å². The van der Waals surface area contributed by atoms with Crippen molar-refractivity contribution in [1.82, 2.24) is 15.3 Å². The lowest BCUT2D eigenvalue weighted by Crippen LogP contribution is -2.25. The van der Waals surface area contributed by atoms with Gasteiger partial charge >= 0.3 is 0 Å². The van der Waals surface area contributed by atoms with Crippen LogP contribution in [-0.2, 0) is 12.8 Å². The van der Waals surface area contributed by atoms with E-state index in [0.717, 1.165) is 11.3 Å². The summed E-state index contributed by atoms with van der Waals surface area (Å²) in [5.41, 5.74) is 1.52. The van der Waals surface area contributed by atoms with Gasteiger partial charge < -0.3 is 14.7 Å². The predicted octanol–water partition coefficient (Wildman–Crippen LogP) is 3.45. The highest BCUT2D eigenvalue weighted by Crippen LogP contribution is 2.27. The fourth-order valence-electron chi connectivity index (χ4n) is 3.11. The Morgan fingerprint density at radius 2 is 2.04 bits per heavy atom. The van der Waals surface area contributed by atoms with Gasteiger partial charge in [0, 0.05) is 19.4 Å². The molecule has 0 unspecified atom stereocenters. The molecule has 0 aliphatic rings. The lowest BCUT2D eigenvalue weighted by Gasteiger charge is -2.02. The first-order valence-corrected chi connectivity index (χ1v) is 9.80. The third kappa shape index (κ3) is 3.75. The average Bonchev–Trinajstić information content (AvgIpc) is 3.30. The quantitative estimate of drug-likeness (QED) is 0.525. The molecule has 0 atom stereocenters.